The number of hydrogen-bond donors (Lipinski definition) is 1. The molecular formula is C14H19N5S. The monoisotopic (exact) mass is 289 g/mol. The maximum atomic E-state index is 4.31. The lowest BCUT2D eigenvalue weighted by molar-refractivity contribution is 0.418. The Kier molecular flexibility index (Phi) is 4.22. The summed E-state index contributed by atoms with van der Waals surface area (Å²) in [4.78, 5) is 6.62. The molecule has 0 radical (unpaired) electrons. The van der Waals surface area contributed by atoms with E-state index in [-0.39, 0.29) is 0 Å². The fourth-order valence-corrected chi connectivity index (χ4v) is 3.04. The standard InChI is InChI=1S/C14H19N5S/c1-11-4-5-14(18-17-11)19-6-2-3-12(8-19)15-7-13-9-20-10-16-13/h4-5,9-10,12,15H,2-3,6-8H2,1H3. The Morgan fingerprint density at radius 3 is 3.10 bits per heavy atom. The highest BCUT2D eigenvalue weighted by molar-refractivity contribution is 7.07. The van der Waals surface area contributed by atoms with Gasteiger partial charge in [-0.25, -0.2) is 4.98 Å². The zero-order valence-electron chi connectivity index (χ0n) is 11.6. The third-order valence-electron chi connectivity index (χ3n) is 3.58. The first kappa shape index (κ1) is 13.5. The molecule has 0 aliphatic carbocycles. The van der Waals surface area contributed by atoms with Crippen LogP contribution in [0, 0.1) is 6.92 Å². The number of nitrogens with zero attached hydrogens (tertiary/aromatic N) is 4. The minimum absolute atomic E-state index is 0.494. The first-order valence-electron chi connectivity index (χ1n) is 6.97. The van der Waals surface area contributed by atoms with Gasteiger partial charge in [-0.15, -0.1) is 16.4 Å². The van der Waals surface area contributed by atoms with E-state index >= 15 is 0 Å². The number of piperidine rings is 1. The van der Waals surface area contributed by atoms with Crippen LogP contribution in [0.3, 0.4) is 0 Å². The van der Waals surface area contributed by atoms with E-state index in [1.54, 1.807) is 11.3 Å². The summed E-state index contributed by atoms with van der Waals surface area (Å²) in [5, 5.41) is 14.1. The van der Waals surface area contributed by atoms with Crippen molar-refractivity contribution in [3.63, 3.8) is 0 Å². The van der Waals surface area contributed by atoms with E-state index in [2.05, 4.69) is 36.8 Å². The molecule has 1 aliphatic rings. The molecule has 0 bridgehead atoms. The van der Waals surface area contributed by atoms with Gasteiger partial charge in [0.05, 0.1) is 16.9 Å². The third-order valence-corrected chi connectivity index (χ3v) is 4.22. The lowest BCUT2D eigenvalue weighted by Crippen LogP contribution is -2.45. The van der Waals surface area contributed by atoms with Gasteiger partial charge in [0.1, 0.15) is 0 Å². The highest BCUT2D eigenvalue weighted by Gasteiger charge is 2.20. The number of aryl methyl sites for hydroxylation is 1. The molecule has 106 valence electrons. The van der Waals surface area contributed by atoms with Crippen LogP contribution < -0.4 is 10.2 Å². The van der Waals surface area contributed by atoms with Crippen LogP contribution in [-0.2, 0) is 6.54 Å². The quantitative estimate of drug-likeness (QED) is 0.933. The molecule has 1 unspecified atom stereocenters. The van der Waals surface area contributed by atoms with Gasteiger partial charge < -0.3 is 10.2 Å². The van der Waals surface area contributed by atoms with Crippen molar-refractivity contribution in [3.8, 4) is 0 Å². The molecule has 20 heavy (non-hydrogen) atoms. The first-order chi connectivity index (χ1) is 9.81. The highest BCUT2D eigenvalue weighted by Crippen LogP contribution is 2.17. The largest absolute Gasteiger partial charge is 0.354 e. The first-order valence-corrected chi connectivity index (χ1v) is 7.91. The fourth-order valence-electron chi connectivity index (χ4n) is 2.49. The summed E-state index contributed by atoms with van der Waals surface area (Å²) >= 11 is 1.65. The molecule has 0 amide bonds. The molecule has 0 aromatic carbocycles. The van der Waals surface area contributed by atoms with Crippen LogP contribution in [0.15, 0.2) is 23.0 Å². The minimum atomic E-state index is 0.494. The second kappa shape index (κ2) is 6.28. The van der Waals surface area contributed by atoms with E-state index in [1.165, 1.54) is 12.8 Å². The van der Waals surface area contributed by atoms with Gasteiger partial charge in [0.15, 0.2) is 5.82 Å². The molecule has 1 saturated heterocycles. The minimum Gasteiger partial charge on any atom is -0.354 e. The molecule has 3 rings (SSSR count). The van der Waals surface area contributed by atoms with Gasteiger partial charge in [-0.2, -0.15) is 5.10 Å². The molecule has 3 heterocycles. The number of rotatable bonds is 4. The average Bonchev–Trinajstić information content (AvgIpc) is 3.00. The molecular weight excluding hydrogens is 270 g/mol. The maximum absolute atomic E-state index is 4.31. The van der Waals surface area contributed by atoms with Gasteiger partial charge in [0, 0.05) is 31.1 Å². The predicted octanol–water partition coefficient (Wildman–Crippen LogP) is 2.00. The molecule has 1 N–H and O–H groups in total. The topological polar surface area (TPSA) is 53.9 Å². The van der Waals surface area contributed by atoms with Gasteiger partial charge >= 0.3 is 0 Å². The molecule has 2 aromatic rings. The number of thiazole rings is 1. The number of anilines is 1. The Hall–Kier alpha value is -1.53. The van der Waals surface area contributed by atoms with Crippen LogP contribution in [0.4, 0.5) is 5.82 Å². The van der Waals surface area contributed by atoms with Gasteiger partial charge in [-0.05, 0) is 31.9 Å². The van der Waals surface area contributed by atoms with Crippen molar-refractivity contribution in [2.75, 3.05) is 18.0 Å². The van der Waals surface area contributed by atoms with Crippen LogP contribution >= 0.6 is 11.3 Å². The Bertz CT molecular complexity index is 525. The average molecular weight is 289 g/mol. The zero-order valence-corrected chi connectivity index (χ0v) is 12.4. The molecule has 1 atom stereocenters. The van der Waals surface area contributed by atoms with E-state index in [1.807, 2.05) is 18.5 Å². The summed E-state index contributed by atoms with van der Waals surface area (Å²) in [5.74, 6) is 0.982. The van der Waals surface area contributed by atoms with E-state index in [4.69, 9.17) is 0 Å². The van der Waals surface area contributed by atoms with Crippen molar-refractivity contribution in [3.05, 3.63) is 34.4 Å². The molecule has 0 saturated carbocycles. The van der Waals surface area contributed by atoms with Crippen molar-refractivity contribution in [2.45, 2.75) is 32.4 Å². The molecule has 1 aliphatic heterocycles. The van der Waals surface area contributed by atoms with Gasteiger partial charge in [0.2, 0.25) is 0 Å². The van der Waals surface area contributed by atoms with Crippen LogP contribution in [-0.4, -0.2) is 34.3 Å². The Morgan fingerprint density at radius 1 is 1.40 bits per heavy atom. The number of aromatic nitrogens is 3. The summed E-state index contributed by atoms with van der Waals surface area (Å²) in [5.41, 5.74) is 3.97. The maximum Gasteiger partial charge on any atom is 0.151 e. The molecule has 5 nitrogen and oxygen atoms in total. The van der Waals surface area contributed by atoms with Crippen molar-refractivity contribution < 1.29 is 0 Å². The summed E-state index contributed by atoms with van der Waals surface area (Å²) in [7, 11) is 0. The summed E-state index contributed by atoms with van der Waals surface area (Å²) < 4.78 is 0. The second-order valence-electron chi connectivity index (χ2n) is 5.18. The summed E-state index contributed by atoms with van der Waals surface area (Å²) in [6, 6.07) is 4.58. The predicted molar refractivity (Wildman–Crippen MR) is 81.0 cm³/mol. The van der Waals surface area contributed by atoms with Crippen molar-refractivity contribution >= 4 is 17.2 Å². The molecule has 1 fully saturated rings. The van der Waals surface area contributed by atoms with Crippen molar-refractivity contribution in [1.82, 2.24) is 20.5 Å². The Labute approximate surface area is 123 Å². The van der Waals surface area contributed by atoms with Gasteiger partial charge in [-0.1, -0.05) is 0 Å². The second-order valence-corrected chi connectivity index (χ2v) is 5.90. The summed E-state index contributed by atoms with van der Waals surface area (Å²) in [6.07, 6.45) is 2.39. The normalized spacial score (nSPS) is 19.2. The lowest BCUT2D eigenvalue weighted by atomic mass is 10.1. The van der Waals surface area contributed by atoms with Crippen molar-refractivity contribution in [1.29, 1.82) is 0 Å². The SMILES string of the molecule is Cc1ccc(N2CCCC(NCc3cscn3)C2)nn1. The highest BCUT2D eigenvalue weighted by atomic mass is 32.1. The smallest absolute Gasteiger partial charge is 0.151 e. The van der Waals surface area contributed by atoms with Gasteiger partial charge in [0.25, 0.3) is 0 Å². The number of hydrogen-bond acceptors (Lipinski definition) is 6. The van der Waals surface area contributed by atoms with Gasteiger partial charge in [-0.3, -0.25) is 0 Å². The molecule has 2 aromatic heterocycles. The Balaban J connectivity index is 1.57. The van der Waals surface area contributed by atoms with Crippen LogP contribution in [0.25, 0.3) is 0 Å². The van der Waals surface area contributed by atoms with Crippen LogP contribution in [0.5, 0.6) is 0 Å². The molecule has 6 heteroatoms. The number of nitrogens with one attached hydrogen (secondary N) is 1. The van der Waals surface area contributed by atoms with E-state index in [0.717, 1.165) is 36.8 Å². The Morgan fingerprint density at radius 2 is 2.35 bits per heavy atom. The van der Waals surface area contributed by atoms with E-state index < -0.39 is 0 Å². The summed E-state index contributed by atoms with van der Waals surface area (Å²) in [6.45, 7) is 4.86. The van der Waals surface area contributed by atoms with E-state index in [0.29, 0.717) is 6.04 Å². The third kappa shape index (κ3) is 3.32. The zero-order chi connectivity index (χ0) is 13.8. The fraction of sp³-hybridized carbons (Fsp3) is 0.500. The molecule has 0 spiro atoms. The van der Waals surface area contributed by atoms with Crippen molar-refractivity contribution in [2.24, 2.45) is 0 Å². The van der Waals surface area contributed by atoms with Crippen LogP contribution in [0.1, 0.15) is 24.2 Å². The van der Waals surface area contributed by atoms with E-state index in [9.17, 15) is 0 Å². The lowest BCUT2D eigenvalue weighted by Gasteiger charge is -2.33. The van der Waals surface area contributed by atoms with Crippen LogP contribution in [0.2, 0.25) is 0 Å².